The van der Waals surface area contributed by atoms with Gasteiger partial charge in [0.05, 0.1) is 24.0 Å². The fourth-order valence-corrected chi connectivity index (χ4v) is 4.81. The average molecular weight is 450 g/mol. The summed E-state index contributed by atoms with van der Waals surface area (Å²) in [6.07, 6.45) is 1.75. The van der Waals surface area contributed by atoms with E-state index in [0.29, 0.717) is 25.0 Å². The molecule has 7 nitrogen and oxygen atoms in total. The molecule has 3 heterocycles. The van der Waals surface area contributed by atoms with E-state index in [1.165, 1.54) is 27.8 Å². The first kappa shape index (κ1) is 22.0. The van der Waals surface area contributed by atoms with Gasteiger partial charge in [0, 0.05) is 35.6 Å². The van der Waals surface area contributed by atoms with Crippen molar-refractivity contribution < 1.29 is 4.79 Å². The summed E-state index contributed by atoms with van der Waals surface area (Å²) < 4.78 is 3.49. The minimum absolute atomic E-state index is 0.0847. The van der Waals surface area contributed by atoms with E-state index in [9.17, 15) is 9.59 Å². The summed E-state index contributed by atoms with van der Waals surface area (Å²) in [7, 11) is 0. The van der Waals surface area contributed by atoms with E-state index in [-0.39, 0.29) is 17.9 Å². The summed E-state index contributed by atoms with van der Waals surface area (Å²) in [6.45, 7) is 9.33. The van der Waals surface area contributed by atoms with Crippen molar-refractivity contribution in [3.63, 3.8) is 0 Å². The molecule has 1 N–H and O–H groups in total. The largest absolute Gasteiger partial charge is 0.352 e. The Morgan fingerprint density at radius 2 is 1.88 bits per heavy atom. The van der Waals surface area contributed by atoms with Crippen LogP contribution in [0, 0.1) is 27.7 Å². The minimum Gasteiger partial charge on any atom is -0.352 e. The number of hydrogen-bond donors (Lipinski definition) is 1. The lowest BCUT2D eigenvalue weighted by atomic mass is 10.2. The Bertz CT molecular complexity index is 1330. The molecule has 4 rings (SSSR count). The highest BCUT2D eigenvalue weighted by Crippen LogP contribution is 2.25. The quantitative estimate of drug-likeness (QED) is 0.467. The summed E-state index contributed by atoms with van der Waals surface area (Å²) in [5.74, 6) is -0.107. The lowest BCUT2D eigenvalue weighted by molar-refractivity contribution is -0.121. The van der Waals surface area contributed by atoms with Gasteiger partial charge in [0.25, 0.3) is 5.56 Å². The number of fused-ring (bicyclic) bond motifs is 1. The molecule has 0 aliphatic rings. The topological polar surface area (TPSA) is 81.8 Å². The summed E-state index contributed by atoms with van der Waals surface area (Å²) >= 11 is 1.53. The van der Waals surface area contributed by atoms with E-state index >= 15 is 0 Å². The summed E-state index contributed by atoms with van der Waals surface area (Å²) in [5, 5.41) is 8.27. The van der Waals surface area contributed by atoms with E-state index in [4.69, 9.17) is 0 Å². The van der Waals surface area contributed by atoms with Gasteiger partial charge >= 0.3 is 0 Å². The van der Waals surface area contributed by atoms with E-state index in [1.807, 2.05) is 50.6 Å². The lowest BCUT2D eigenvalue weighted by Crippen LogP contribution is -2.27. The predicted molar refractivity (Wildman–Crippen MR) is 127 cm³/mol. The van der Waals surface area contributed by atoms with Crippen molar-refractivity contribution in [1.82, 2.24) is 24.6 Å². The highest BCUT2D eigenvalue weighted by molar-refractivity contribution is 7.18. The zero-order chi connectivity index (χ0) is 22.8. The zero-order valence-corrected chi connectivity index (χ0v) is 19.6. The van der Waals surface area contributed by atoms with Crippen LogP contribution in [-0.2, 0) is 24.4 Å². The number of hydrogen-bond acceptors (Lipinski definition) is 5. The Labute approximate surface area is 190 Å². The molecule has 166 valence electrons. The van der Waals surface area contributed by atoms with Gasteiger partial charge < -0.3 is 5.32 Å². The number of nitrogens with zero attached hydrogens (tertiary/aromatic N) is 4. The van der Waals surface area contributed by atoms with Gasteiger partial charge in [-0.1, -0.05) is 30.3 Å². The molecule has 3 aromatic heterocycles. The number of aryl methyl sites for hydroxylation is 4. The molecule has 0 spiro atoms. The van der Waals surface area contributed by atoms with Crippen LogP contribution < -0.4 is 10.9 Å². The molecule has 0 aliphatic heterocycles. The number of aromatic nitrogens is 4. The fourth-order valence-electron chi connectivity index (χ4n) is 3.83. The Balaban J connectivity index is 1.39. The highest BCUT2D eigenvalue weighted by Gasteiger charge is 2.15. The smallest absolute Gasteiger partial charge is 0.262 e. The monoisotopic (exact) mass is 449 g/mol. The maximum Gasteiger partial charge on any atom is 0.262 e. The molecule has 1 aromatic carbocycles. The van der Waals surface area contributed by atoms with E-state index < -0.39 is 0 Å². The standard InChI is InChI=1S/C24H27N5O2S/c1-15-18(4)32-23-22(15)24(31)28(14-26-23)11-10-21(30)25-12-20-16(2)27-29(17(20)3)13-19-8-6-5-7-9-19/h5-9,14H,10-13H2,1-4H3,(H,25,30). The molecule has 0 atom stereocenters. The maximum atomic E-state index is 12.8. The molecule has 0 fully saturated rings. The second kappa shape index (κ2) is 9.08. The molecule has 4 aromatic rings. The molecule has 32 heavy (non-hydrogen) atoms. The number of rotatable bonds is 7. The van der Waals surface area contributed by atoms with Crippen molar-refractivity contribution in [2.24, 2.45) is 0 Å². The number of benzene rings is 1. The predicted octanol–water partition coefficient (Wildman–Crippen LogP) is 3.64. The number of carbonyl (C=O) groups excluding carboxylic acids is 1. The SMILES string of the molecule is Cc1nn(Cc2ccccc2)c(C)c1CNC(=O)CCn1cnc2sc(C)c(C)c2c1=O. The second-order valence-electron chi connectivity index (χ2n) is 8.03. The van der Waals surface area contributed by atoms with Gasteiger partial charge in [0.1, 0.15) is 4.83 Å². The summed E-state index contributed by atoms with van der Waals surface area (Å²) in [5.41, 5.74) is 5.05. The summed E-state index contributed by atoms with van der Waals surface area (Å²) in [6, 6.07) is 10.2. The second-order valence-corrected chi connectivity index (χ2v) is 9.23. The van der Waals surface area contributed by atoms with Crippen LogP contribution in [0.4, 0.5) is 0 Å². The molecule has 8 heteroatoms. The van der Waals surface area contributed by atoms with E-state index in [0.717, 1.165) is 32.2 Å². The molecule has 1 amide bonds. The van der Waals surface area contributed by atoms with Crippen LogP contribution in [0.3, 0.4) is 0 Å². The van der Waals surface area contributed by atoms with Crippen LogP contribution in [0.1, 0.15) is 39.4 Å². The molecular formula is C24H27N5O2S. The fraction of sp³-hybridized carbons (Fsp3) is 0.333. The number of nitrogens with one attached hydrogen (secondary N) is 1. The number of amides is 1. The first-order valence-electron chi connectivity index (χ1n) is 10.6. The van der Waals surface area contributed by atoms with Gasteiger partial charge in [-0.2, -0.15) is 5.10 Å². The number of carbonyl (C=O) groups is 1. The Morgan fingerprint density at radius 1 is 1.12 bits per heavy atom. The van der Waals surface area contributed by atoms with Crippen molar-refractivity contribution in [3.8, 4) is 0 Å². The molecule has 0 saturated carbocycles. The Kier molecular flexibility index (Phi) is 6.23. The van der Waals surface area contributed by atoms with Crippen molar-refractivity contribution in [2.45, 2.75) is 53.8 Å². The Hall–Kier alpha value is -3.26. The third-order valence-corrected chi connectivity index (χ3v) is 7.02. The van der Waals surface area contributed by atoms with Crippen LogP contribution in [0.25, 0.3) is 10.2 Å². The maximum absolute atomic E-state index is 12.8. The van der Waals surface area contributed by atoms with Gasteiger partial charge in [0.2, 0.25) is 5.91 Å². The van der Waals surface area contributed by atoms with Crippen molar-refractivity contribution in [2.75, 3.05) is 0 Å². The third-order valence-electron chi connectivity index (χ3n) is 5.90. The number of thiophene rings is 1. The van der Waals surface area contributed by atoms with Gasteiger partial charge in [-0.25, -0.2) is 4.98 Å². The van der Waals surface area contributed by atoms with Crippen molar-refractivity contribution >= 4 is 27.5 Å². The molecule has 0 bridgehead atoms. The van der Waals surface area contributed by atoms with Crippen LogP contribution in [0.2, 0.25) is 0 Å². The van der Waals surface area contributed by atoms with Gasteiger partial charge in [-0.05, 0) is 38.8 Å². The molecule has 0 radical (unpaired) electrons. The van der Waals surface area contributed by atoms with E-state index in [1.54, 1.807) is 0 Å². The molecular weight excluding hydrogens is 422 g/mol. The van der Waals surface area contributed by atoms with Crippen molar-refractivity contribution in [3.05, 3.63) is 80.0 Å². The highest BCUT2D eigenvalue weighted by atomic mass is 32.1. The van der Waals surface area contributed by atoms with Crippen LogP contribution in [-0.4, -0.2) is 25.2 Å². The van der Waals surface area contributed by atoms with Gasteiger partial charge in [-0.15, -0.1) is 11.3 Å². The van der Waals surface area contributed by atoms with Gasteiger partial charge in [-0.3, -0.25) is 18.8 Å². The first-order valence-corrected chi connectivity index (χ1v) is 11.5. The lowest BCUT2D eigenvalue weighted by Gasteiger charge is -2.08. The molecule has 0 unspecified atom stereocenters. The van der Waals surface area contributed by atoms with Crippen LogP contribution in [0.15, 0.2) is 41.5 Å². The Morgan fingerprint density at radius 3 is 2.62 bits per heavy atom. The molecule has 0 aliphatic carbocycles. The third kappa shape index (κ3) is 4.36. The average Bonchev–Trinajstić information content (AvgIpc) is 3.21. The zero-order valence-electron chi connectivity index (χ0n) is 18.8. The van der Waals surface area contributed by atoms with Crippen molar-refractivity contribution in [1.29, 1.82) is 0 Å². The van der Waals surface area contributed by atoms with Crippen LogP contribution >= 0.6 is 11.3 Å². The summed E-state index contributed by atoms with van der Waals surface area (Å²) in [4.78, 5) is 31.5. The van der Waals surface area contributed by atoms with E-state index in [2.05, 4.69) is 27.5 Å². The van der Waals surface area contributed by atoms with Gasteiger partial charge in [0.15, 0.2) is 0 Å². The molecule has 0 saturated heterocycles. The van der Waals surface area contributed by atoms with Crippen LogP contribution in [0.5, 0.6) is 0 Å². The normalized spacial score (nSPS) is 11.2. The minimum atomic E-state index is -0.107. The first-order chi connectivity index (χ1) is 15.3.